The van der Waals surface area contributed by atoms with Gasteiger partial charge in [0, 0.05) is 17.9 Å². The van der Waals surface area contributed by atoms with E-state index in [-0.39, 0.29) is 11.9 Å². The van der Waals surface area contributed by atoms with Crippen LogP contribution in [0, 0.1) is 0 Å². The molecule has 0 saturated carbocycles. The van der Waals surface area contributed by atoms with Gasteiger partial charge in [-0.15, -0.1) is 11.6 Å². The summed E-state index contributed by atoms with van der Waals surface area (Å²) in [4.78, 5) is 11.5. The van der Waals surface area contributed by atoms with Crippen molar-refractivity contribution < 1.29 is 9.53 Å². The molecule has 0 aromatic heterocycles. The van der Waals surface area contributed by atoms with Gasteiger partial charge in [-0.2, -0.15) is 0 Å². The lowest BCUT2D eigenvalue weighted by molar-refractivity contribution is 0.0989. The van der Waals surface area contributed by atoms with E-state index in [9.17, 15) is 4.79 Å². The molecule has 0 fully saturated rings. The van der Waals surface area contributed by atoms with Gasteiger partial charge in [-0.05, 0) is 38.1 Å². The number of hydrogen-bond donors (Lipinski definition) is 0. The summed E-state index contributed by atoms with van der Waals surface area (Å²) in [6, 6.07) is 7.15. The molecular formula is C12H15ClO2. The molecular weight excluding hydrogens is 212 g/mol. The van der Waals surface area contributed by atoms with E-state index >= 15 is 0 Å². The SMILES string of the molecule is CC(C)Oc1ccc(C(=O)CCCl)cc1. The van der Waals surface area contributed by atoms with Gasteiger partial charge >= 0.3 is 0 Å². The number of carbonyl (C=O) groups excluding carboxylic acids is 1. The van der Waals surface area contributed by atoms with Crippen LogP contribution in [0.1, 0.15) is 30.6 Å². The summed E-state index contributed by atoms with van der Waals surface area (Å²) in [5, 5.41) is 0. The number of ether oxygens (including phenoxy) is 1. The zero-order valence-corrected chi connectivity index (χ0v) is 9.75. The predicted molar refractivity (Wildman–Crippen MR) is 61.9 cm³/mol. The molecule has 0 radical (unpaired) electrons. The minimum absolute atomic E-state index is 0.0705. The quantitative estimate of drug-likeness (QED) is 0.569. The Hall–Kier alpha value is -1.02. The summed E-state index contributed by atoms with van der Waals surface area (Å²) in [7, 11) is 0. The molecule has 0 unspecified atom stereocenters. The lowest BCUT2D eigenvalue weighted by Crippen LogP contribution is -2.06. The van der Waals surface area contributed by atoms with Crippen molar-refractivity contribution in [3.8, 4) is 5.75 Å². The Morgan fingerprint density at radius 1 is 1.33 bits per heavy atom. The van der Waals surface area contributed by atoms with E-state index in [1.165, 1.54) is 0 Å². The molecule has 0 spiro atoms. The number of hydrogen-bond acceptors (Lipinski definition) is 2. The van der Waals surface area contributed by atoms with Gasteiger partial charge in [0.25, 0.3) is 0 Å². The van der Waals surface area contributed by atoms with Gasteiger partial charge in [-0.3, -0.25) is 4.79 Å². The van der Waals surface area contributed by atoms with Gasteiger partial charge in [-0.1, -0.05) is 0 Å². The standard InChI is InChI=1S/C12H15ClO2/c1-9(2)15-11-5-3-10(4-6-11)12(14)7-8-13/h3-6,9H,7-8H2,1-2H3. The Kier molecular flexibility index (Phi) is 4.63. The Morgan fingerprint density at radius 2 is 1.93 bits per heavy atom. The molecule has 0 amide bonds. The summed E-state index contributed by atoms with van der Waals surface area (Å²) >= 11 is 5.50. The van der Waals surface area contributed by atoms with E-state index < -0.39 is 0 Å². The predicted octanol–water partition coefficient (Wildman–Crippen LogP) is 3.29. The molecule has 0 heterocycles. The van der Waals surface area contributed by atoms with Crippen LogP contribution in [0.25, 0.3) is 0 Å². The average Bonchev–Trinajstić information content (AvgIpc) is 2.18. The summed E-state index contributed by atoms with van der Waals surface area (Å²) in [5.41, 5.74) is 0.687. The van der Waals surface area contributed by atoms with Crippen molar-refractivity contribution in [2.75, 3.05) is 5.88 Å². The second-order valence-corrected chi connectivity index (χ2v) is 3.93. The first kappa shape index (κ1) is 12.1. The van der Waals surface area contributed by atoms with Crippen LogP contribution < -0.4 is 4.74 Å². The van der Waals surface area contributed by atoms with E-state index in [4.69, 9.17) is 16.3 Å². The Labute approximate surface area is 95.2 Å². The fourth-order valence-electron chi connectivity index (χ4n) is 1.22. The molecule has 0 bridgehead atoms. The summed E-state index contributed by atoms with van der Waals surface area (Å²) < 4.78 is 5.47. The Morgan fingerprint density at radius 3 is 2.40 bits per heavy atom. The highest BCUT2D eigenvalue weighted by atomic mass is 35.5. The molecule has 2 nitrogen and oxygen atoms in total. The largest absolute Gasteiger partial charge is 0.491 e. The zero-order chi connectivity index (χ0) is 11.3. The number of rotatable bonds is 5. The zero-order valence-electron chi connectivity index (χ0n) is 9.00. The number of alkyl halides is 1. The maximum absolute atomic E-state index is 11.5. The molecule has 0 saturated heterocycles. The monoisotopic (exact) mass is 226 g/mol. The molecule has 3 heteroatoms. The molecule has 0 aliphatic carbocycles. The fourth-order valence-corrected chi connectivity index (χ4v) is 1.39. The first-order chi connectivity index (χ1) is 7.13. The van der Waals surface area contributed by atoms with Crippen molar-refractivity contribution in [3.05, 3.63) is 29.8 Å². The molecule has 15 heavy (non-hydrogen) atoms. The number of carbonyl (C=O) groups is 1. The van der Waals surface area contributed by atoms with Gasteiger partial charge in [0.05, 0.1) is 6.10 Å². The van der Waals surface area contributed by atoms with Gasteiger partial charge in [0.15, 0.2) is 5.78 Å². The maximum Gasteiger partial charge on any atom is 0.164 e. The van der Waals surface area contributed by atoms with E-state index in [0.29, 0.717) is 17.9 Å². The van der Waals surface area contributed by atoms with Gasteiger partial charge in [-0.25, -0.2) is 0 Å². The summed E-state index contributed by atoms with van der Waals surface area (Å²) in [6.45, 7) is 3.93. The van der Waals surface area contributed by atoms with Crippen LogP contribution in [-0.2, 0) is 0 Å². The first-order valence-corrected chi connectivity index (χ1v) is 5.53. The molecule has 82 valence electrons. The third kappa shape index (κ3) is 3.92. The fraction of sp³-hybridized carbons (Fsp3) is 0.417. The maximum atomic E-state index is 11.5. The van der Waals surface area contributed by atoms with Crippen molar-refractivity contribution in [2.45, 2.75) is 26.4 Å². The van der Waals surface area contributed by atoms with Crippen LogP contribution in [0.4, 0.5) is 0 Å². The van der Waals surface area contributed by atoms with Crippen molar-refractivity contribution in [3.63, 3.8) is 0 Å². The molecule has 0 aliphatic heterocycles. The summed E-state index contributed by atoms with van der Waals surface area (Å²) in [5.74, 6) is 1.22. The summed E-state index contributed by atoms with van der Waals surface area (Å²) in [6.07, 6.45) is 0.528. The van der Waals surface area contributed by atoms with Crippen molar-refractivity contribution in [1.82, 2.24) is 0 Å². The number of benzene rings is 1. The number of ketones is 1. The third-order valence-electron chi connectivity index (χ3n) is 1.87. The van der Waals surface area contributed by atoms with Crippen LogP contribution in [0.2, 0.25) is 0 Å². The molecule has 1 aromatic rings. The minimum atomic E-state index is 0.0705. The number of Topliss-reactive ketones (excluding diaryl/α,β-unsaturated/α-hetero) is 1. The van der Waals surface area contributed by atoms with E-state index in [2.05, 4.69) is 0 Å². The van der Waals surface area contributed by atoms with Gasteiger partial charge in [0.1, 0.15) is 5.75 Å². The molecule has 1 rings (SSSR count). The second kappa shape index (κ2) is 5.76. The third-order valence-corrected chi connectivity index (χ3v) is 2.06. The molecule has 0 N–H and O–H groups in total. The van der Waals surface area contributed by atoms with E-state index in [1.807, 2.05) is 26.0 Å². The first-order valence-electron chi connectivity index (χ1n) is 4.99. The Bertz CT molecular complexity index is 317. The van der Waals surface area contributed by atoms with Crippen LogP contribution in [0.5, 0.6) is 5.75 Å². The molecule has 0 aliphatic rings. The highest BCUT2D eigenvalue weighted by molar-refractivity contribution is 6.19. The van der Waals surface area contributed by atoms with Crippen molar-refractivity contribution in [2.24, 2.45) is 0 Å². The van der Waals surface area contributed by atoms with Crippen LogP contribution >= 0.6 is 11.6 Å². The smallest absolute Gasteiger partial charge is 0.164 e. The second-order valence-electron chi connectivity index (χ2n) is 3.55. The molecule has 0 atom stereocenters. The highest BCUT2D eigenvalue weighted by Crippen LogP contribution is 2.14. The van der Waals surface area contributed by atoms with Crippen LogP contribution in [0.15, 0.2) is 24.3 Å². The average molecular weight is 227 g/mol. The van der Waals surface area contributed by atoms with E-state index in [0.717, 1.165) is 5.75 Å². The molecule has 1 aromatic carbocycles. The lowest BCUT2D eigenvalue weighted by Gasteiger charge is -2.09. The Balaban J connectivity index is 2.67. The van der Waals surface area contributed by atoms with Crippen LogP contribution in [0.3, 0.4) is 0 Å². The van der Waals surface area contributed by atoms with E-state index in [1.54, 1.807) is 12.1 Å². The number of halogens is 1. The van der Waals surface area contributed by atoms with Gasteiger partial charge in [0.2, 0.25) is 0 Å². The van der Waals surface area contributed by atoms with Crippen molar-refractivity contribution in [1.29, 1.82) is 0 Å². The highest BCUT2D eigenvalue weighted by Gasteiger charge is 2.05. The van der Waals surface area contributed by atoms with Gasteiger partial charge < -0.3 is 4.74 Å². The normalized spacial score (nSPS) is 10.4. The van der Waals surface area contributed by atoms with Crippen molar-refractivity contribution >= 4 is 17.4 Å². The topological polar surface area (TPSA) is 26.3 Å². The van der Waals surface area contributed by atoms with Crippen LogP contribution in [-0.4, -0.2) is 17.8 Å². The lowest BCUT2D eigenvalue weighted by atomic mass is 10.1. The minimum Gasteiger partial charge on any atom is -0.491 e.